The number of para-hydroxylation sites is 1. The third-order valence-corrected chi connectivity index (χ3v) is 4.13. The highest BCUT2D eigenvalue weighted by Crippen LogP contribution is 2.25. The fraction of sp³-hybridized carbons (Fsp3) is 0.208. The number of anilines is 1. The highest BCUT2D eigenvalue weighted by Gasteiger charge is 2.13. The summed E-state index contributed by atoms with van der Waals surface area (Å²) < 4.78 is 17.1. The molecule has 166 valence electrons. The van der Waals surface area contributed by atoms with E-state index in [1.54, 1.807) is 18.2 Å². The van der Waals surface area contributed by atoms with Gasteiger partial charge in [0.05, 0.1) is 11.7 Å². The normalized spacial score (nSPS) is 10.5. The Morgan fingerprint density at radius 3 is 2.22 bits per heavy atom. The fourth-order valence-corrected chi connectivity index (χ4v) is 2.74. The number of aromatic carboxylic acids is 1. The first-order chi connectivity index (χ1) is 15.4. The number of nitrogens with one attached hydrogen (secondary N) is 1. The molecule has 0 radical (unpaired) electrons. The van der Waals surface area contributed by atoms with E-state index >= 15 is 0 Å². The minimum atomic E-state index is -1.09. The molecule has 8 nitrogen and oxygen atoms in total. The van der Waals surface area contributed by atoms with Gasteiger partial charge in [0.1, 0.15) is 36.3 Å². The maximum atomic E-state index is 12.7. The van der Waals surface area contributed by atoms with Gasteiger partial charge in [0.15, 0.2) is 0 Å². The number of hydrogen-bond acceptors (Lipinski definition) is 6. The molecule has 1 amide bonds. The molecule has 32 heavy (non-hydrogen) atoms. The predicted octanol–water partition coefficient (Wildman–Crippen LogP) is 4.28. The Balaban J connectivity index is 1.68. The molecule has 1 aromatic heterocycles. The summed E-state index contributed by atoms with van der Waals surface area (Å²) in [5, 5.41) is 11.6. The van der Waals surface area contributed by atoms with Gasteiger partial charge in [0.2, 0.25) is 0 Å². The van der Waals surface area contributed by atoms with Crippen LogP contribution in [0.5, 0.6) is 17.2 Å². The topological polar surface area (TPSA) is 107 Å². The van der Waals surface area contributed by atoms with E-state index < -0.39 is 11.9 Å². The largest absolute Gasteiger partial charge is 0.491 e. The molecule has 0 aliphatic carbocycles. The standard InChI is InChI=1S/C24H24N2O6/c1-16(2)32-21-13-18(23(27)26-22-9-8-17(15-25-22)24(28)29)12-20(14-21)31-11-10-30-19-6-4-3-5-7-19/h3-9,12-16H,10-11H2,1-2H3,(H,28,29)(H,25,26,27). The number of aromatic nitrogens is 1. The van der Waals surface area contributed by atoms with E-state index in [1.807, 2.05) is 44.2 Å². The molecule has 0 saturated heterocycles. The zero-order chi connectivity index (χ0) is 22.9. The van der Waals surface area contributed by atoms with Crippen LogP contribution in [0.2, 0.25) is 0 Å². The van der Waals surface area contributed by atoms with Crippen LogP contribution in [0.25, 0.3) is 0 Å². The number of carbonyl (C=O) groups excluding carboxylic acids is 1. The van der Waals surface area contributed by atoms with Crippen LogP contribution >= 0.6 is 0 Å². The summed E-state index contributed by atoms with van der Waals surface area (Å²) in [4.78, 5) is 27.6. The third-order valence-electron chi connectivity index (χ3n) is 4.13. The summed E-state index contributed by atoms with van der Waals surface area (Å²) in [6, 6.07) is 17.1. The summed E-state index contributed by atoms with van der Waals surface area (Å²) in [7, 11) is 0. The molecule has 0 atom stereocenters. The van der Waals surface area contributed by atoms with Crippen molar-refractivity contribution in [2.45, 2.75) is 20.0 Å². The molecular weight excluding hydrogens is 412 g/mol. The van der Waals surface area contributed by atoms with Gasteiger partial charge in [-0.15, -0.1) is 0 Å². The van der Waals surface area contributed by atoms with Crippen molar-refractivity contribution in [3.8, 4) is 17.2 Å². The van der Waals surface area contributed by atoms with Crippen LogP contribution in [0, 0.1) is 0 Å². The first kappa shape index (κ1) is 22.6. The lowest BCUT2D eigenvalue weighted by atomic mass is 10.2. The Morgan fingerprint density at radius 1 is 0.906 bits per heavy atom. The first-order valence-electron chi connectivity index (χ1n) is 10.0. The Bertz CT molecular complexity index is 1050. The van der Waals surface area contributed by atoms with E-state index in [4.69, 9.17) is 19.3 Å². The van der Waals surface area contributed by atoms with Crippen molar-refractivity contribution in [1.82, 2.24) is 4.98 Å². The lowest BCUT2D eigenvalue weighted by Gasteiger charge is -2.14. The average Bonchev–Trinajstić information content (AvgIpc) is 2.77. The first-order valence-corrected chi connectivity index (χ1v) is 10.0. The van der Waals surface area contributed by atoms with E-state index in [0.717, 1.165) is 5.75 Å². The van der Waals surface area contributed by atoms with Crippen molar-refractivity contribution in [3.63, 3.8) is 0 Å². The van der Waals surface area contributed by atoms with Crippen molar-refractivity contribution < 1.29 is 28.9 Å². The summed E-state index contributed by atoms with van der Waals surface area (Å²) >= 11 is 0. The Labute approximate surface area is 185 Å². The lowest BCUT2D eigenvalue weighted by molar-refractivity contribution is 0.0696. The van der Waals surface area contributed by atoms with Gasteiger partial charge in [0, 0.05) is 17.8 Å². The number of carboxylic acid groups (broad SMARTS) is 1. The average molecular weight is 436 g/mol. The molecule has 0 saturated carbocycles. The number of benzene rings is 2. The summed E-state index contributed by atoms with van der Waals surface area (Å²) in [5.74, 6) is 0.399. The number of ether oxygens (including phenoxy) is 3. The summed E-state index contributed by atoms with van der Waals surface area (Å²) in [5.41, 5.74) is 0.343. The minimum Gasteiger partial charge on any atom is -0.491 e. The second-order valence-electron chi connectivity index (χ2n) is 7.06. The van der Waals surface area contributed by atoms with Gasteiger partial charge >= 0.3 is 5.97 Å². The highest BCUT2D eigenvalue weighted by molar-refractivity contribution is 6.04. The second kappa shape index (κ2) is 10.8. The fourth-order valence-electron chi connectivity index (χ4n) is 2.74. The third kappa shape index (κ3) is 6.73. The second-order valence-corrected chi connectivity index (χ2v) is 7.06. The van der Waals surface area contributed by atoms with E-state index in [2.05, 4.69) is 10.3 Å². The molecule has 0 fully saturated rings. The van der Waals surface area contributed by atoms with Gasteiger partial charge in [-0.25, -0.2) is 9.78 Å². The molecule has 0 spiro atoms. The number of hydrogen-bond donors (Lipinski definition) is 2. The van der Waals surface area contributed by atoms with Crippen LogP contribution in [0.3, 0.4) is 0 Å². The molecule has 3 aromatic rings. The Hall–Kier alpha value is -4.07. The predicted molar refractivity (Wildman–Crippen MR) is 119 cm³/mol. The zero-order valence-corrected chi connectivity index (χ0v) is 17.8. The minimum absolute atomic E-state index is 0.0312. The van der Waals surface area contributed by atoms with Crippen molar-refractivity contribution in [3.05, 3.63) is 78.0 Å². The van der Waals surface area contributed by atoms with E-state index in [-0.39, 0.29) is 24.1 Å². The molecule has 3 rings (SSSR count). The van der Waals surface area contributed by atoms with Crippen LogP contribution in [0.4, 0.5) is 5.82 Å². The van der Waals surface area contributed by atoms with Crippen LogP contribution in [0.15, 0.2) is 66.9 Å². The van der Waals surface area contributed by atoms with Crippen molar-refractivity contribution in [2.75, 3.05) is 18.5 Å². The molecule has 0 unspecified atom stereocenters. The van der Waals surface area contributed by atoms with Crippen LogP contribution < -0.4 is 19.5 Å². The van der Waals surface area contributed by atoms with E-state index in [1.165, 1.54) is 18.3 Å². The van der Waals surface area contributed by atoms with Gasteiger partial charge in [-0.1, -0.05) is 18.2 Å². The summed E-state index contributed by atoms with van der Waals surface area (Å²) in [6.07, 6.45) is 1.09. The quantitative estimate of drug-likeness (QED) is 0.457. The number of amides is 1. The van der Waals surface area contributed by atoms with Gasteiger partial charge in [-0.3, -0.25) is 4.79 Å². The lowest BCUT2D eigenvalue weighted by Crippen LogP contribution is -2.15. The Morgan fingerprint density at radius 2 is 1.59 bits per heavy atom. The molecular formula is C24H24N2O6. The number of pyridine rings is 1. The number of nitrogens with zero attached hydrogens (tertiary/aromatic N) is 1. The van der Waals surface area contributed by atoms with Gasteiger partial charge in [0.25, 0.3) is 5.91 Å². The maximum Gasteiger partial charge on any atom is 0.337 e. The molecule has 2 aromatic carbocycles. The number of carboxylic acids is 1. The summed E-state index contributed by atoms with van der Waals surface area (Å²) in [6.45, 7) is 4.38. The molecule has 8 heteroatoms. The SMILES string of the molecule is CC(C)Oc1cc(OCCOc2ccccc2)cc(C(=O)Nc2ccc(C(=O)O)cn2)c1. The smallest absolute Gasteiger partial charge is 0.337 e. The van der Waals surface area contributed by atoms with Crippen molar-refractivity contribution in [2.24, 2.45) is 0 Å². The van der Waals surface area contributed by atoms with Gasteiger partial charge in [-0.05, 0) is 50.2 Å². The molecule has 0 aliphatic heterocycles. The van der Waals surface area contributed by atoms with E-state index in [0.29, 0.717) is 23.7 Å². The van der Waals surface area contributed by atoms with E-state index in [9.17, 15) is 9.59 Å². The van der Waals surface area contributed by atoms with Crippen LogP contribution in [-0.2, 0) is 0 Å². The Kier molecular flexibility index (Phi) is 7.64. The van der Waals surface area contributed by atoms with Crippen molar-refractivity contribution >= 4 is 17.7 Å². The van der Waals surface area contributed by atoms with Crippen LogP contribution in [0.1, 0.15) is 34.6 Å². The maximum absolute atomic E-state index is 12.7. The van der Waals surface area contributed by atoms with Gasteiger partial charge in [-0.2, -0.15) is 0 Å². The molecule has 0 bridgehead atoms. The molecule has 2 N–H and O–H groups in total. The zero-order valence-electron chi connectivity index (χ0n) is 17.8. The van der Waals surface area contributed by atoms with Crippen molar-refractivity contribution in [1.29, 1.82) is 0 Å². The number of carbonyl (C=O) groups is 2. The van der Waals surface area contributed by atoms with Crippen LogP contribution in [-0.4, -0.2) is 41.3 Å². The van der Waals surface area contributed by atoms with Gasteiger partial charge < -0.3 is 24.6 Å². The molecule has 0 aliphatic rings. The number of rotatable bonds is 10. The highest BCUT2D eigenvalue weighted by atomic mass is 16.5. The monoisotopic (exact) mass is 436 g/mol. The molecule has 1 heterocycles.